The molecule has 3 aromatic rings. The van der Waals surface area contributed by atoms with Crippen LogP contribution < -0.4 is 15.6 Å². The lowest BCUT2D eigenvalue weighted by Gasteiger charge is -2.29. The van der Waals surface area contributed by atoms with Gasteiger partial charge in [-0.05, 0) is 64.8 Å². The van der Waals surface area contributed by atoms with Crippen LogP contribution >= 0.6 is 0 Å². The minimum Gasteiger partial charge on any atom is -0.474 e. The van der Waals surface area contributed by atoms with Crippen LogP contribution in [0, 0.1) is 13.8 Å². The van der Waals surface area contributed by atoms with E-state index in [0.29, 0.717) is 19.0 Å². The Labute approximate surface area is 189 Å². The summed E-state index contributed by atoms with van der Waals surface area (Å²) >= 11 is 0. The van der Waals surface area contributed by atoms with Gasteiger partial charge in [0.05, 0.1) is 6.20 Å². The first-order valence-corrected chi connectivity index (χ1v) is 11.4. The minimum absolute atomic E-state index is 0.0335. The lowest BCUT2D eigenvalue weighted by atomic mass is 10.1. The van der Waals surface area contributed by atoms with Gasteiger partial charge in [-0.2, -0.15) is 10.1 Å². The summed E-state index contributed by atoms with van der Waals surface area (Å²) in [5.41, 5.74) is 4.52. The van der Waals surface area contributed by atoms with E-state index in [0.717, 1.165) is 59.3 Å². The molecule has 0 aromatic carbocycles. The van der Waals surface area contributed by atoms with Crippen LogP contribution in [0.3, 0.4) is 0 Å². The van der Waals surface area contributed by atoms with Gasteiger partial charge >= 0.3 is 0 Å². The molecule has 8 nitrogen and oxygen atoms in total. The van der Waals surface area contributed by atoms with E-state index in [9.17, 15) is 4.79 Å². The molecular formula is C24H34N6O2. The molecule has 4 heterocycles. The summed E-state index contributed by atoms with van der Waals surface area (Å²) in [4.78, 5) is 22.4. The highest BCUT2D eigenvalue weighted by Gasteiger charge is 2.20. The molecular weight excluding hydrogens is 404 g/mol. The monoisotopic (exact) mass is 438 g/mol. The van der Waals surface area contributed by atoms with Crippen molar-refractivity contribution in [3.63, 3.8) is 0 Å². The number of nitrogens with one attached hydrogen (secondary N) is 2. The highest BCUT2D eigenvalue weighted by atomic mass is 16.5. The van der Waals surface area contributed by atoms with E-state index in [1.807, 2.05) is 36.9 Å². The maximum absolute atomic E-state index is 12.4. The molecule has 1 aliphatic heterocycles. The molecule has 0 saturated carbocycles. The van der Waals surface area contributed by atoms with Gasteiger partial charge in [0.15, 0.2) is 5.65 Å². The van der Waals surface area contributed by atoms with Crippen molar-refractivity contribution >= 4 is 11.0 Å². The number of H-pyrrole nitrogens is 1. The summed E-state index contributed by atoms with van der Waals surface area (Å²) in [7, 11) is 2.15. The Morgan fingerprint density at radius 2 is 1.97 bits per heavy atom. The molecule has 3 aromatic heterocycles. The third-order valence-electron chi connectivity index (χ3n) is 6.18. The minimum atomic E-state index is -0.0335. The van der Waals surface area contributed by atoms with Crippen molar-refractivity contribution in [3.8, 4) is 5.88 Å². The second-order valence-corrected chi connectivity index (χ2v) is 9.21. The molecule has 0 spiro atoms. The number of nitrogens with zero attached hydrogens (tertiary/aromatic N) is 4. The zero-order valence-corrected chi connectivity index (χ0v) is 19.7. The summed E-state index contributed by atoms with van der Waals surface area (Å²) in [6, 6.07) is 4.23. The van der Waals surface area contributed by atoms with Crippen LogP contribution in [-0.4, -0.2) is 50.9 Å². The van der Waals surface area contributed by atoms with Crippen LogP contribution in [0.1, 0.15) is 55.1 Å². The molecule has 0 radical (unpaired) electrons. The number of fused-ring (bicyclic) bond motifs is 1. The van der Waals surface area contributed by atoms with E-state index in [1.54, 1.807) is 0 Å². The maximum Gasteiger partial charge on any atom is 0.252 e. The standard InChI is InChI=1S/C24H34N6O2/c1-15(2)30-23-21(14-26-30)18(11-22(28-23)32-19-6-8-29(5)9-7-19)12-25-13-20-16(3)10-17(4)27-24(20)31/h10-11,14-15,19,25H,6-9,12-13H2,1-5H3,(H,27,31). The average molecular weight is 439 g/mol. The number of rotatable bonds is 7. The predicted molar refractivity (Wildman–Crippen MR) is 126 cm³/mol. The van der Waals surface area contributed by atoms with Gasteiger partial charge in [0.2, 0.25) is 5.88 Å². The van der Waals surface area contributed by atoms with Gasteiger partial charge in [0.1, 0.15) is 6.10 Å². The SMILES string of the molecule is Cc1cc(C)c(CNCc2cc(OC3CCN(C)CC3)nc3c2cnn3C(C)C)c(=O)[nH]1. The van der Waals surface area contributed by atoms with E-state index < -0.39 is 0 Å². The Bertz CT molecular complexity index is 1140. The first-order valence-electron chi connectivity index (χ1n) is 11.4. The Morgan fingerprint density at radius 3 is 2.66 bits per heavy atom. The molecule has 32 heavy (non-hydrogen) atoms. The van der Waals surface area contributed by atoms with Gasteiger partial charge in [0.25, 0.3) is 5.56 Å². The molecule has 4 rings (SSSR count). The van der Waals surface area contributed by atoms with Crippen LogP contribution in [0.2, 0.25) is 0 Å². The van der Waals surface area contributed by atoms with Gasteiger partial charge in [-0.25, -0.2) is 4.68 Å². The molecule has 1 saturated heterocycles. The Hall–Kier alpha value is -2.71. The van der Waals surface area contributed by atoms with Gasteiger partial charge in [0, 0.05) is 54.9 Å². The van der Waals surface area contributed by atoms with Crippen molar-refractivity contribution in [2.75, 3.05) is 20.1 Å². The molecule has 1 aliphatic rings. The molecule has 0 bridgehead atoms. The number of hydrogen-bond donors (Lipinski definition) is 2. The largest absolute Gasteiger partial charge is 0.474 e. The van der Waals surface area contributed by atoms with Crippen molar-refractivity contribution in [2.45, 2.75) is 65.8 Å². The molecule has 0 unspecified atom stereocenters. The van der Waals surface area contributed by atoms with Crippen LogP contribution in [0.4, 0.5) is 0 Å². The van der Waals surface area contributed by atoms with E-state index in [-0.39, 0.29) is 17.7 Å². The third-order valence-corrected chi connectivity index (χ3v) is 6.18. The summed E-state index contributed by atoms with van der Waals surface area (Å²) in [6.07, 6.45) is 4.06. The molecule has 1 fully saturated rings. The fraction of sp³-hybridized carbons (Fsp3) is 0.542. The molecule has 0 atom stereocenters. The molecule has 2 N–H and O–H groups in total. The van der Waals surface area contributed by atoms with E-state index >= 15 is 0 Å². The third kappa shape index (κ3) is 4.86. The van der Waals surface area contributed by atoms with Crippen molar-refractivity contribution in [1.82, 2.24) is 30.0 Å². The van der Waals surface area contributed by atoms with Crippen LogP contribution in [0.15, 0.2) is 23.1 Å². The fourth-order valence-electron chi connectivity index (χ4n) is 4.34. The van der Waals surface area contributed by atoms with Crippen LogP contribution in [0.25, 0.3) is 11.0 Å². The van der Waals surface area contributed by atoms with E-state index in [2.05, 4.69) is 41.2 Å². The Kier molecular flexibility index (Phi) is 6.62. The second kappa shape index (κ2) is 9.42. The number of aromatic amines is 1. The topological polar surface area (TPSA) is 88.1 Å². The first-order chi connectivity index (χ1) is 15.3. The summed E-state index contributed by atoms with van der Waals surface area (Å²) in [6.45, 7) is 11.2. The Morgan fingerprint density at radius 1 is 1.22 bits per heavy atom. The van der Waals surface area contributed by atoms with Gasteiger partial charge in [-0.15, -0.1) is 0 Å². The molecule has 0 amide bonds. The molecule has 8 heteroatoms. The lowest BCUT2D eigenvalue weighted by Crippen LogP contribution is -2.35. The highest BCUT2D eigenvalue weighted by Crippen LogP contribution is 2.26. The van der Waals surface area contributed by atoms with Gasteiger partial charge in [-0.3, -0.25) is 4.79 Å². The van der Waals surface area contributed by atoms with Crippen molar-refractivity contribution < 1.29 is 4.74 Å². The maximum atomic E-state index is 12.4. The summed E-state index contributed by atoms with van der Waals surface area (Å²) in [5.74, 6) is 0.649. The fourth-order valence-corrected chi connectivity index (χ4v) is 4.34. The zero-order chi connectivity index (χ0) is 22.8. The van der Waals surface area contributed by atoms with E-state index in [4.69, 9.17) is 9.72 Å². The first kappa shape index (κ1) is 22.5. The number of pyridine rings is 2. The van der Waals surface area contributed by atoms with Crippen molar-refractivity contribution in [2.24, 2.45) is 0 Å². The predicted octanol–water partition coefficient (Wildman–Crippen LogP) is 3.08. The van der Waals surface area contributed by atoms with E-state index in [1.165, 1.54) is 0 Å². The van der Waals surface area contributed by atoms with Gasteiger partial charge < -0.3 is 19.9 Å². The average Bonchev–Trinajstić information content (AvgIpc) is 3.16. The number of piperidine rings is 1. The lowest BCUT2D eigenvalue weighted by molar-refractivity contribution is 0.110. The quantitative estimate of drug-likeness (QED) is 0.589. The number of ether oxygens (including phenoxy) is 1. The number of hydrogen-bond acceptors (Lipinski definition) is 6. The zero-order valence-electron chi connectivity index (χ0n) is 19.7. The van der Waals surface area contributed by atoms with Gasteiger partial charge in [-0.1, -0.05) is 0 Å². The number of likely N-dealkylation sites (tertiary alicyclic amines) is 1. The smallest absolute Gasteiger partial charge is 0.252 e. The normalized spacial score (nSPS) is 15.7. The number of aryl methyl sites for hydroxylation is 2. The van der Waals surface area contributed by atoms with Crippen LogP contribution in [0.5, 0.6) is 5.88 Å². The van der Waals surface area contributed by atoms with Crippen molar-refractivity contribution in [3.05, 3.63) is 51.1 Å². The van der Waals surface area contributed by atoms with Crippen LogP contribution in [-0.2, 0) is 13.1 Å². The van der Waals surface area contributed by atoms with Crippen molar-refractivity contribution in [1.29, 1.82) is 0 Å². The summed E-state index contributed by atoms with van der Waals surface area (Å²) in [5, 5.41) is 9.02. The summed E-state index contributed by atoms with van der Waals surface area (Å²) < 4.78 is 8.25. The molecule has 0 aliphatic carbocycles. The second-order valence-electron chi connectivity index (χ2n) is 9.21. The Balaban J connectivity index is 1.57. The number of aromatic nitrogens is 4. The highest BCUT2D eigenvalue weighted by molar-refractivity contribution is 5.79. The molecule has 172 valence electrons.